The molecule has 0 spiro atoms. The van der Waals surface area contributed by atoms with E-state index >= 15 is 0 Å². The molecule has 1 heterocycles. The van der Waals surface area contributed by atoms with Crippen LogP contribution >= 0.6 is 11.3 Å². The summed E-state index contributed by atoms with van der Waals surface area (Å²) in [5.41, 5.74) is 3.25. The van der Waals surface area contributed by atoms with Crippen LogP contribution in [-0.4, -0.2) is 17.6 Å². The number of carbonyl (C=O) groups is 1. The third kappa shape index (κ3) is 4.06. The lowest BCUT2D eigenvalue weighted by Crippen LogP contribution is -2.08. The predicted octanol–water partition coefficient (Wildman–Crippen LogP) is 3.17. The number of aryl methyl sites for hydroxylation is 1. The molecule has 0 amide bonds. The molecule has 1 aromatic carbocycles. The van der Waals surface area contributed by atoms with E-state index in [-0.39, 0.29) is 12.4 Å². The summed E-state index contributed by atoms with van der Waals surface area (Å²) in [6.07, 6.45) is 0.233. The van der Waals surface area contributed by atoms with E-state index in [4.69, 9.17) is 4.74 Å². The Hall–Kier alpha value is -1.88. The molecule has 20 heavy (non-hydrogen) atoms. The lowest BCUT2D eigenvalue weighted by molar-refractivity contribution is -0.142. The van der Waals surface area contributed by atoms with Gasteiger partial charge in [-0.2, -0.15) is 0 Å². The Morgan fingerprint density at radius 3 is 2.95 bits per heavy atom. The quantitative estimate of drug-likeness (QED) is 0.830. The van der Waals surface area contributed by atoms with Gasteiger partial charge >= 0.3 is 5.97 Å². The monoisotopic (exact) mass is 290 g/mol. The third-order valence-electron chi connectivity index (χ3n) is 2.87. The van der Waals surface area contributed by atoms with Gasteiger partial charge in [-0.25, -0.2) is 4.98 Å². The Kier molecular flexibility index (Phi) is 5.12. The first-order valence-corrected chi connectivity index (χ1v) is 7.45. The Bertz CT molecular complexity index is 581. The number of rotatable bonds is 6. The molecular weight excluding hydrogens is 272 g/mol. The molecule has 0 saturated heterocycles. The second-order valence-corrected chi connectivity index (χ2v) is 5.26. The highest BCUT2D eigenvalue weighted by Crippen LogP contribution is 2.18. The highest BCUT2D eigenvalue weighted by atomic mass is 32.1. The summed E-state index contributed by atoms with van der Waals surface area (Å²) in [7, 11) is 0. The molecule has 1 N–H and O–H groups in total. The topological polar surface area (TPSA) is 51.2 Å². The molecule has 0 aliphatic heterocycles. The molecule has 0 aliphatic rings. The highest BCUT2D eigenvalue weighted by Gasteiger charge is 2.08. The summed E-state index contributed by atoms with van der Waals surface area (Å²) < 4.78 is 4.91. The number of carbonyl (C=O) groups excluding carboxylic acids is 1. The standard InChI is InChI=1S/C15H18N2O2S/c1-3-19-14(18)8-13-10-20-15(17-13)16-9-12-7-5-4-6-11(12)2/h4-7,10H,3,8-9H2,1-2H3,(H,16,17). The van der Waals surface area contributed by atoms with E-state index in [1.807, 2.05) is 17.5 Å². The van der Waals surface area contributed by atoms with Crippen molar-refractivity contribution in [3.05, 3.63) is 46.5 Å². The van der Waals surface area contributed by atoms with Crippen LogP contribution in [0.3, 0.4) is 0 Å². The van der Waals surface area contributed by atoms with Gasteiger partial charge in [0.1, 0.15) is 0 Å². The van der Waals surface area contributed by atoms with Gasteiger partial charge in [0.15, 0.2) is 5.13 Å². The number of thiazole rings is 1. The summed E-state index contributed by atoms with van der Waals surface area (Å²) >= 11 is 1.50. The zero-order valence-electron chi connectivity index (χ0n) is 11.7. The van der Waals surface area contributed by atoms with Crippen molar-refractivity contribution in [3.8, 4) is 0 Å². The normalized spacial score (nSPS) is 10.3. The first-order valence-electron chi connectivity index (χ1n) is 6.57. The van der Waals surface area contributed by atoms with Gasteiger partial charge in [-0.3, -0.25) is 4.79 Å². The minimum Gasteiger partial charge on any atom is -0.466 e. The minimum atomic E-state index is -0.233. The SMILES string of the molecule is CCOC(=O)Cc1csc(NCc2ccccc2C)n1. The van der Waals surface area contributed by atoms with Gasteiger partial charge in [0.2, 0.25) is 0 Å². The maximum atomic E-state index is 11.4. The second-order valence-electron chi connectivity index (χ2n) is 4.41. The maximum Gasteiger partial charge on any atom is 0.311 e. The van der Waals surface area contributed by atoms with E-state index in [0.717, 1.165) is 17.4 Å². The van der Waals surface area contributed by atoms with Crippen molar-refractivity contribution in [2.75, 3.05) is 11.9 Å². The van der Waals surface area contributed by atoms with Crippen molar-refractivity contribution in [2.24, 2.45) is 0 Å². The molecule has 2 rings (SSSR count). The van der Waals surface area contributed by atoms with Crippen molar-refractivity contribution in [1.82, 2.24) is 4.98 Å². The summed E-state index contributed by atoms with van der Waals surface area (Å²) in [4.78, 5) is 15.8. The Labute approximate surface area is 122 Å². The maximum absolute atomic E-state index is 11.4. The molecule has 5 heteroatoms. The van der Waals surface area contributed by atoms with Crippen molar-refractivity contribution >= 4 is 22.4 Å². The van der Waals surface area contributed by atoms with Crippen LogP contribution in [0, 0.1) is 6.92 Å². The number of hydrogen-bond acceptors (Lipinski definition) is 5. The summed E-state index contributed by atoms with van der Waals surface area (Å²) in [6, 6.07) is 8.23. The molecular formula is C15H18N2O2S. The van der Waals surface area contributed by atoms with Crippen LogP contribution in [0.25, 0.3) is 0 Å². The fourth-order valence-corrected chi connectivity index (χ4v) is 2.52. The molecule has 0 unspecified atom stereocenters. The Morgan fingerprint density at radius 2 is 2.20 bits per heavy atom. The molecule has 1 aromatic heterocycles. The van der Waals surface area contributed by atoms with Crippen LogP contribution in [0.2, 0.25) is 0 Å². The van der Waals surface area contributed by atoms with E-state index in [1.165, 1.54) is 22.5 Å². The average molecular weight is 290 g/mol. The van der Waals surface area contributed by atoms with E-state index in [0.29, 0.717) is 6.61 Å². The van der Waals surface area contributed by atoms with Crippen molar-refractivity contribution in [1.29, 1.82) is 0 Å². The summed E-state index contributed by atoms with van der Waals surface area (Å²) in [5, 5.41) is 6.00. The van der Waals surface area contributed by atoms with Crippen LogP contribution < -0.4 is 5.32 Å². The van der Waals surface area contributed by atoms with Crippen LogP contribution in [0.1, 0.15) is 23.7 Å². The molecule has 0 aliphatic carbocycles. The highest BCUT2D eigenvalue weighted by molar-refractivity contribution is 7.13. The lowest BCUT2D eigenvalue weighted by atomic mass is 10.1. The van der Waals surface area contributed by atoms with Crippen LogP contribution in [0.15, 0.2) is 29.6 Å². The number of hydrogen-bond donors (Lipinski definition) is 1. The number of benzene rings is 1. The van der Waals surface area contributed by atoms with Crippen LogP contribution in [0.5, 0.6) is 0 Å². The first kappa shape index (κ1) is 14.5. The van der Waals surface area contributed by atoms with E-state index in [2.05, 4.69) is 29.4 Å². The molecule has 106 valence electrons. The van der Waals surface area contributed by atoms with Crippen LogP contribution in [0.4, 0.5) is 5.13 Å². The number of nitrogens with zero attached hydrogens (tertiary/aromatic N) is 1. The summed E-state index contributed by atoms with van der Waals surface area (Å²) in [5.74, 6) is -0.233. The molecule has 0 radical (unpaired) electrons. The molecule has 0 fully saturated rings. The fourth-order valence-electron chi connectivity index (χ4n) is 1.81. The molecule has 0 atom stereocenters. The van der Waals surface area contributed by atoms with Gasteiger partial charge in [-0.15, -0.1) is 11.3 Å². The molecule has 0 bridgehead atoms. The van der Waals surface area contributed by atoms with Crippen LogP contribution in [-0.2, 0) is 22.5 Å². The lowest BCUT2D eigenvalue weighted by Gasteiger charge is -2.05. The molecule has 4 nitrogen and oxygen atoms in total. The van der Waals surface area contributed by atoms with E-state index < -0.39 is 0 Å². The van der Waals surface area contributed by atoms with Gasteiger partial charge in [0, 0.05) is 11.9 Å². The largest absolute Gasteiger partial charge is 0.466 e. The van der Waals surface area contributed by atoms with E-state index in [9.17, 15) is 4.79 Å². The predicted molar refractivity (Wildman–Crippen MR) is 81.0 cm³/mol. The number of ether oxygens (including phenoxy) is 1. The number of aromatic nitrogens is 1. The van der Waals surface area contributed by atoms with E-state index in [1.54, 1.807) is 6.92 Å². The van der Waals surface area contributed by atoms with Gasteiger partial charge < -0.3 is 10.1 Å². The number of nitrogens with one attached hydrogen (secondary N) is 1. The third-order valence-corrected chi connectivity index (χ3v) is 3.72. The number of esters is 1. The zero-order valence-corrected chi connectivity index (χ0v) is 12.5. The van der Waals surface area contributed by atoms with Crippen molar-refractivity contribution < 1.29 is 9.53 Å². The average Bonchev–Trinajstić information content (AvgIpc) is 2.85. The fraction of sp³-hybridized carbons (Fsp3) is 0.333. The first-order chi connectivity index (χ1) is 9.69. The molecule has 2 aromatic rings. The zero-order chi connectivity index (χ0) is 14.4. The smallest absolute Gasteiger partial charge is 0.311 e. The van der Waals surface area contributed by atoms with Gasteiger partial charge in [-0.05, 0) is 25.0 Å². The Balaban J connectivity index is 1.90. The Morgan fingerprint density at radius 1 is 1.40 bits per heavy atom. The van der Waals surface area contributed by atoms with Crippen molar-refractivity contribution in [2.45, 2.75) is 26.8 Å². The van der Waals surface area contributed by atoms with Gasteiger partial charge in [0.25, 0.3) is 0 Å². The molecule has 0 saturated carbocycles. The van der Waals surface area contributed by atoms with Gasteiger partial charge in [0.05, 0.1) is 18.7 Å². The summed E-state index contributed by atoms with van der Waals surface area (Å²) in [6.45, 7) is 5.03. The van der Waals surface area contributed by atoms with Crippen molar-refractivity contribution in [3.63, 3.8) is 0 Å². The second kappa shape index (κ2) is 7.05. The minimum absolute atomic E-state index is 0.233. The number of anilines is 1. The van der Waals surface area contributed by atoms with Gasteiger partial charge in [-0.1, -0.05) is 24.3 Å².